The second-order valence-electron chi connectivity index (χ2n) is 8.81. The lowest BCUT2D eigenvalue weighted by Crippen LogP contribution is -2.55. The predicted molar refractivity (Wildman–Crippen MR) is 127 cm³/mol. The van der Waals surface area contributed by atoms with E-state index in [-0.39, 0.29) is 24.9 Å². The number of ether oxygens (including phenoxy) is 2. The molecule has 1 saturated carbocycles. The zero-order chi connectivity index (χ0) is 25.3. The molecule has 1 aliphatic rings. The van der Waals surface area contributed by atoms with Crippen LogP contribution < -0.4 is 30.7 Å². The lowest BCUT2D eigenvalue weighted by molar-refractivity contribution is -0.140. The summed E-state index contributed by atoms with van der Waals surface area (Å²) in [5, 5.41) is 10.7. The number of carbonyl (C=O) groups is 4. The van der Waals surface area contributed by atoms with Crippen molar-refractivity contribution in [3.8, 4) is 11.5 Å². The van der Waals surface area contributed by atoms with Crippen molar-refractivity contribution >= 4 is 23.6 Å². The highest BCUT2D eigenvalue weighted by Crippen LogP contribution is 2.22. The van der Waals surface area contributed by atoms with Crippen LogP contribution in [0.25, 0.3) is 0 Å². The van der Waals surface area contributed by atoms with Gasteiger partial charge in [-0.3, -0.25) is 14.4 Å². The van der Waals surface area contributed by atoms with Gasteiger partial charge in [0.2, 0.25) is 11.7 Å². The summed E-state index contributed by atoms with van der Waals surface area (Å²) in [7, 11) is 3.04. The van der Waals surface area contributed by atoms with Crippen LogP contribution in [0.5, 0.6) is 11.5 Å². The first-order valence-corrected chi connectivity index (χ1v) is 11.6. The van der Waals surface area contributed by atoms with E-state index in [2.05, 4.69) is 21.3 Å². The summed E-state index contributed by atoms with van der Waals surface area (Å²) in [6, 6.07) is 3.08. The Morgan fingerprint density at radius 2 is 1.59 bits per heavy atom. The van der Waals surface area contributed by atoms with Gasteiger partial charge in [0.25, 0.3) is 5.91 Å². The molecule has 0 bridgehead atoms. The number of ketones is 1. The first-order valence-electron chi connectivity index (χ1n) is 11.6. The molecule has 10 heteroatoms. The predicted octanol–water partition coefficient (Wildman–Crippen LogP) is 1.66. The minimum absolute atomic E-state index is 0.0847. The van der Waals surface area contributed by atoms with Crippen molar-refractivity contribution in [3.05, 3.63) is 23.8 Å². The lowest BCUT2D eigenvalue weighted by atomic mass is 10.0. The second-order valence-corrected chi connectivity index (χ2v) is 8.81. The smallest absolute Gasteiger partial charge is 0.315 e. The fourth-order valence-electron chi connectivity index (χ4n) is 3.34. The van der Waals surface area contributed by atoms with Crippen molar-refractivity contribution in [2.75, 3.05) is 14.2 Å². The van der Waals surface area contributed by atoms with E-state index in [1.165, 1.54) is 14.2 Å². The van der Waals surface area contributed by atoms with Crippen molar-refractivity contribution < 1.29 is 28.7 Å². The minimum Gasteiger partial charge on any atom is -0.497 e. The van der Waals surface area contributed by atoms with E-state index in [1.807, 2.05) is 13.8 Å². The Morgan fingerprint density at radius 3 is 2.09 bits per heavy atom. The van der Waals surface area contributed by atoms with Gasteiger partial charge >= 0.3 is 6.03 Å². The number of hydrogen-bond acceptors (Lipinski definition) is 6. The fraction of sp³-hybridized carbons (Fsp3) is 0.583. The van der Waals surface area contributed by atoms with Crippen molar-refractivity contribution in [1.29, 1.82) is 0 Å². The Balaban J connectivity index is 1.97. The highest BCUT2D eigenvalue weighted by atomic mass is 16.5. The molecule has 10 nitrogen and oxygen atoms in total. The van der Waals surface area contributed by atoms with Crippen LogP contribution >= 0.6 is 0 Å². The number of amides is 4. The number of benzene rings is 1. The highest BCUT2D eigenvalue weighted by molar-refractivity contribution is 6.38. The van der Waals surface area contributed by atoms with Gasteiger partial charge in [0.15, 0.2) is 0 Å². The molecule has 1 aromatic rings. The van der Waals surface area contributed by atoms with E-state index in [0.29, 0.717) is 23.5 Å². The molecule has 4 N–H and O–H groups in total. The molecule has 2 unspecified atom stereocenters. The Hall–Kier alpha value is -3.30. The summed E-state index contributed by atoms with van der Waals surface area (Å²) >= 11 is 0. The molecular weight excluding hydrogens is 440 g/mol. The first kappa shape index (κ1) is 26.9. The van der Waals surface area contributed by atoms with Gasteiger partial charge in [0, 0.05) is 18.7 Å². The van der Waals surface area contributed by atoms with Gasteiger partial charge in [-0.2, -0.15) is 0 Å². The van der Waals surface area contributed by atoms with Crippen molar-refractivity contribution in [2.24, 2.45) is 5.92 Å². The average molecular weight is 477 g/mol. The number of hydrogen-bond donors (Lipinski definition) is 4. The topological polar surface area (TPSA) is 135 Å². The molecule has 1 fully saturated rings. The van der Waals surface area contributed by atoms with E-state index in [4.69, 9.17) is 9.47 Å². The highest BCUT2D eigenvalue weighted by Gasteiger charge is 2.30. The number of carbonyl (C=O) groups excluding carboxylic acids is 4. The van der Waals surface area contributed by atoms with Crippen LogP contribution in [0.15, 0.2) is 18.2 Å². The summed E-state index contributed by atoms with van der Waals surface area (Å²) < 4.78 is 10.4. The van der Waals surface area contributed by atoms with Crippen molar-refractivity contribution in [3.63, 3.8) is 0 Å². The number of rotatable bonds is 13. The first-order chi connectivity index (χ1) is 16.2. The maximum Gasteiger partial charge on any atom is 0.315 e. The summed E-state index contributed by atoms with van der Waals surface area (Å²) in [5.41, 5.74) is 0.692. The third-order valence-corrected chi connectivity index (χ3v) is 5.37. The van der Waals surface area contributed by atoms with Gasteiger partial charge in [-0.05, 0) is 49.3 Å². The zero-order valence-electron chi connectivity index (χ0n) is 20.5. The summed E-state index contributed by atoms with van der Waals surface area (Å²) in [6.07, 6.45) is 2.49. The van der Waals surface area contributed by atoms with Crippen LogP contribution in [-0.4, -0.2) is 56.0 Å². The maximum absolute atomic E-state index is 12.9. The molecule has 1 aromatic carbocycles. The monoisotopic (exact) mass is 476 g/mol. The average Bonchev–Trinajstić information content (AvgIpc) is 3.63. The van der Waals surface area contributed by atoms with E-state index in [1.54, 1.807) is 25.1 Å². The number of methoxy groups -OCH3 is 2. The molecule has 1 aliphatic carbocycles. The number of urea groups is 1. The molecule has 0 heterocycles. The standard InChI is InChI=1S/C24H36N4O6/c1-6-19(27-22(30)20(9-14(2)3)28-24(32)26-16-7-8-16)21(29)23(31)25-13-15-10-17(33-4)12-18(11-15)34-5/h10-12,14,16,19-20H,6-9,13H2,1-5H3,(H,25,31)(H,27,30)(H2,26,28,32). The molecular formula is C24H36N4O6. The quantitative estimate of drug-likeness (QED) is 0.320. The van der Waals surface area contributed by atoms with Gasteiger partial charge in [-0.1, -0.05) is 20.8 Å². The van der Waals surface area contributed by atoms with Crippen molar-refractivity contribution in [1.82, 2.24) is 21.3 Å². The fourth-order valence-corrected chi connectivity index (χ4v) is 3.34. The molecule has 2 atom stereocenters. The zero-order valence-corrected chi connectivity index (χ0v) is 20.5. The van der Waals surface area contributed by atoms with Crippen LogP contribution in [0.2, 0.25) is 0 Å². The maximum atomic E-state index is 12.9. The van der Waals surface area contributed by atoms with E-state index >= 15 is 0 Å². The van der Waals surface area contributed by atoms with Gasteiger partial charge < -0.3 is 30.7 Å². The number of nitrogens with one attached hydrogen (secondary N) is 4. The van der Waals surface area contributed by atoms with Gasteiger partial charge in [-0.25, -0.2) is 4.79 Å². The third-order valence-electron chi connectivity index (χ3n) is 5.37. The van der Waals surface area contributed by atoms with Crippen LogP contribution in [0, 0.1) is 5.92 Å². The Labute approximate surface area is 200 Å². The summed E-state index contributed by atoms with van der Waals surface area (Å²) in [4.78, 5) is 50.2. The van der Waals surface area contributed by atoms with Crippen LogP contribution in [-0.2, 0) is 20.9 Å². The normalized spacial score (nSPS) is 14.5. The van der Waals surface area contributed by atoms with Crippen molar-refractivity contribution in [2.45, 2.75) is 71.1 Å². The molecule has 188 valence electrons. The van der Waals surface area contributed by atoms with Crippen LogP contribution in [0.4, 0.5) is 4.79 Å². The molecule has 34 heavy (non-hydrogen) atoms. The summed E-state index contributed by atoms with van der Waals surface area (Å²) in [5.74, 6) is -0.808. The van der Waals surface area contributed by atoms with E-state index < -0.39 is 35.7 Å². The van der Waals surface area contributed by atoms with Gasteiger partial charge in [0.1, 0.15) is 17.5 Å². The third kappa shape index (κ3) is 8.57. The minimum atomic E-state index is -1.00. The van der Waals surface area contributed by atoms with E-state index in [0.717, 1.165) is 12.8 Å². The van der Waals surface area contributed by atoms with Crippen LogP contribution in [0.3, 0.4) is 0 Å². The van der Waals surface area contributed by atoms with E-state index in [9.17, 15) is 19.2 Å². The molecule has 2 rings (SSSR count). The van der Waals surface area contributed by atoms with Crippen LogP contribution in [0.1, 0.15) is 52.0 Å². The molecule has 0 spiro atoms. The largest absolute Gasteiger partial charge is 0.497 e. The number of Topliss-reactive ketones (excluding diaryl/α,β-unsaturated/α-hetero) is 1. The Bertz CT molecular complexity index is 862. The summed E-state index contributed by atoms with van der Waals surface area (Å²) in [6.45, 7) is 5.66. The molecule has 0 aliphatic heterocycles. The molecule has 4 amide bonds. The molecule has 0 aromatic heterocycles. The second kappa shape index (κ2) is 12.8. The van der Waals surface area contributed by atoms with Gasteiger partial charge in [0.05, 0.1) is 20.3 Å². The SMILES string of the molecule is CCC(NC(=O)C(CC(C)C)NC(=O)NC1CC1)C(=O)C(=O)NCc1cc(OC)cc(OC)c1. The Kier molecular flexibility index (Phi) is 10.2. The Morgan fingerprint density at radius 1 is 0.971 bits per heavy atom. The van der Waals surface area contributed by atoms with Gasteiger partial charge in [-0.15, -0.1) is 0 Å². The molecule has 0 radical (unpaired) electrons. The lowest BCUT2D eigenvalue weighted by Gasteiger charge is -2.23. The molecule has 0 saturated heterocycles.